The van der Waals surface area contributed by atoms with Crippen molar-refractivity contribution in [3.05, 3.63) is 11.3 Å². The van der Waals surface area contributed by atoms with Gasteiger partial charge < -0.3 is 5.11 Å². The molecule has 1 saturated heterocycles. The van der Waals surface area contributed by atoms with Gasteiger partial charge in [0, 0.05) is 18.8 Å². The Morgan fingerprint density at radius 1 is 1.33 bits per heavy atom. The number of sulfone groups is 1. The summed E-state index contributed by atoms with van der Waals surface area (Å²) in [7, 11) is -7.41. The zero-order valence-corrected chi connectivity index (χ0v) is 12.9. The first kappa shape index (κ1) is 15.9. The molecule has 0 saturated carbocycles. The summed E-state index contributed by atoms with van der Waals surface area (Å²) in [5.74, 6) is -1.76. The first-order valence-corrected chi connectivity index (χ1v) is 9.40. The van der Waals surface area contributed by atoms with Gasteiger partial charge in [0.05, 0.1) is 11.5 Å². The standard InChI is InChI=1S/C10H15N3O6S2/c1-7-8(10(14)15)9(12-11-7)21(18,19)13-3-2-5-20(16,17)6-4-13/h2-6H2,1H3,(H,11,12)(H,14,15). The average Bonchev–Trinajstić information content (AvgIpc) is 2.65. The maximum atomic E-state index is 12.5. The van der Waals surface area contributed by atoms with Gasteiger partial charge in [-0.2, -0.15) is 9.40 Å². The number of rotatable bonds is 3. The fourth-order valence-electron chi connectivity index (χ4n) is 2.12. The van der Waals surface area contributed by atoms with E-state index in [0.717, 1.165) is 4.31 Å². The number of sulfonamides is 1. The molecular formula is C10H15N3O6S2. The molecule has 2 N–H and O–H groups in total. The van der Waals surface area contributed by atoms with Crippen molar-refractivity contribution in [2.24, 2.45) is 0 Å². The quantitative estimate of drug-likeness (QED) is 0.738. The summed E-state index contributed by atoms with van der Waals surface area (Å²) in [6.45, 7) is 1.23. The lowest BCUT2D eigenvalue weighted by Gasteiger charge is -2.18. The Morgan fingerprint density at radius 2 is 2.00 bits per heavy atom. The number of hydrogen-bond donors (Lipinski definition) is 2. The molecule has 1 aromatic rings. The van der Waals surface area contributed by atoms with Crippen LogP contribution in [-0.2, 0) is 19.9 Å². The molecule has 0 spiro atoms. The second-order valence-electron chi connectivity index (χ2n) is 4.74. The number of hydrogen-bond acceptors (Lipinski definition) is 6. The minimum Gasteiger partial charge on any atom is -0.478 e. The van der Waals surface area contributed by atoms with E-state index in [9.17, 15) is 21.6 Å². The summed E-state index contributed by atoms with van der Waals surface area (Å²) in [4.78, 5) is 11.2. The number of aromatic carboxylic acids is 1. The van der Waals surface area contributed by atoms with Crippen LogP contribution in [0.15, 0.2) is 5.03 Å². The molecule has 0 aromatic carbocycles. The minimum atomic E-state index is -4.14. The predicted molar refractivity (Wildman–Crippen MR) is 72.3 cm³/mol. The molecule has 2 heterocycles. The van der Waals surface area contributed by atoms with Gasteiger partial charge in [-0.15, -0.1) is 0 Å². The summed E-state index contributed by atoms with van der Waals surface area (Å²) in [6.07, 6.45) is 0.174. The molecule has 118 valence electrons. The van der Waals surface area contributed by atoms with Gasteiger partial charge in [-0.05, 0) is 13.3 Å². The van der Waals surface area contributed by atoms with E-state index in [1.54, 1.807) is 0 Å². The predicted octanol–water partition coefficient (Wildman–Crippen LogP) is -0.774. The van der Waals surface area contributed by atoms with Crippen molar-refractivity contribution in [2.75, 3.05) is 24.6 Å². The Balaban J connectivity index is 2.41. The molecule has 1 aliphatic heterocycles. The van der Waals surface area contributed by atoms with E-state index in [1.165, 1.54) is 6.92 Å². The van der Waals surface area contributed by atoms with Crippen molar-refractivity contribution in [3.63, 3.8) is 0 Å². The topological polar surface area (TPSA) is 137 Å². The number of carboxylic acids is 1. The molecule has 1 fully saturated rings. The van der Waals surface area contributed by atoms with Crippen LogP contribution < -0.4 is 0 Å². The zero-order chi connectivity index (χ0) is 15.8. The lowest BCUT2D eigenvalue weighted by atomic mass is 10.3. The van der Waals surface area contributed by atoms with Gasteiger partial charge in [0.1, 0.15) is 5.56 Å². The Kier molecular flexibility index (Phi) is 4.08. The number of carbonyl (C=O) groups is 1. The highest BCUT2D eigenvalue weighted by atomic mass is 32.2. The average molecular weight is 337 g/mol. The van der Waals surface area contributed by atoms with Crippen LogP contribution in [0.1, 0.15) is 22.5 Å². The first-order chi connectivity index (χ1) is 9.65. The Hall–Kier alpha value is -1.46. The minimum absolute atomic E-state index is 0.0204. The van der Waals surface area contributed by atoms with Crippen LogP contribution in [0.25, 0.3) is 0 Å². The lowest BCUT2D eigenvalue weighted by molar-refractivity contribution is 0.0691. The molecule has 21 heavy (non-hydrogen) atoms. The van der Waals surface area contributed by atoms with E-state index in [4.69, 9.17) is 5.11 Å². The summed E-state index contributed by atoms with van der Waals surface area (Å²) in [5, 5.41) is 14.4. The van der Waals surface area contributed by atoms with Gasteiger partial charge in [0.15, 0.2) is 9.84 Å². The van der Waals surface area contributed by atoms with Crippen LogP contribution in [0.3, 0.4) is 0 Å². The number of H-pyrrole nitrogens is 1. The molecule has 11 heteroatoms. The third-order valence-electron chi connectivity index (χ3n) is 3.23. The summed E-state index contributed by atoms with van der Waals surface area (Å²) < 4.78 is 49.0. The molecular weight excluding hydrogens is 322 g/mol. The van der Waals surface area contributed by atoms with Crippen molar-refractivity contribution in [3.8, 4) is 0 Å². The Bertz CT molecular complexity index is 765. The number of carboxylic acid groups (broad SMARTS) is 1. The number of nitrogens with one attached hydrogen (secondary N) is 1. The van der Waals surface area contributed by atoms with Crippen molar-refractivity contribution in [1.29, 1.82) is 0 Å². The second kappa shape index (κ2) is 5.39. The monoisotopic (exact) mass is 337 g/mol. The molecule has 0 radical (unpaired) electrons. The lowest BCUT2D eigenvalue weighted by Crippen LogP contribution is -2.34. The summed E-state index contributed by atoms with van der Waals surface area (Å²) >= 11 is 0. The van der Waals surface area contributed by atoms with Gasteiger partial charge in [-0.25, -0.2) is 21.6 Å². The van der Waals surface area contributed by atoms with Gasteiger partial charge in [0.2, 0.25) is 5.03 Å². The smallest absolute Gasteiger partial charge is 0.340 e. The molecule has 0 aliphatic carbocycles. The second-order valence-corrected chi connectivity index (χ2v) is 8.90. The van der Waals surface area contributed by atoms with E-state index >= 15 is 0 Å². The molecule has 2 rings (SSSR count). The molecule has 9 nitrogen and oxygen atoms in total. The van der Waals surface area contributed by atoms with Crippen LogP contribution in [0.4, 0.5) is 0 Å². The van der Waals surface area contributed by atoms with Gasteiger partial charge in [0.25, 0.3) is 10.0 Å². The molecule has 0 atom stereocenters. The maximum Gasteiger partial charge on any atom is 0.340 e. The van der Waals surface area contributed by atoms with Crippen LogP contribution in [0.5, 0.6) is 0 Å². The summed E-state index contributed by atoms with van der Waals surface area (Å²) in [5.41, 5.74) is -0.286. The van der Waals surface area contributed by atoms with Crippen LogP contribution in [0, 0.1) is 6.92 Å². The van der Waals surface area contributed by atoms with E-state index in [2.05, 4.69) is 10.2 Å². The fourth-order valence-corrected chi connectivity index (χ4v) is 5.12. The summed E-state index contributed by atoms with van der Waals surface area (Å²) in [6, 6.07) is 0. The van der Waals surface area contributed by atoms with E-state index in [-0.39, 0.29) is 36.7 Å². The van der Waals surface area contributed by atoms with Crippen molar-refractivity contribution < 1.29 is 26.7 Å². The third-order valence-corrected chi connectivity index (χ3v) is 6.77. The normalized spacial score (nSPS) is 20.0. The number of aromatic amines is 1. The number of aromatic nitrogens is 2. The van der Waals surface area contributed by atoms with Gasteiger partial charge >= 0.3 is 5.97 Å². The van der Waals surface area contributed by atoms with Gasteiger partial charge in [-0.1, -0.05) is 0 Å². The molecule has 0 bridgehead atoms. The van der Waals surface area contributed by atoms with Gasteiger partial charge in [-0.3, -0.25) is 5.10 Å². The van der Waals surface area contributed by atoms with E-state index in [0.29, 0.717) is 0 Å². The van der Waals surface area contributed by atoms with Crippen LogP contribution >= 0.6 is 0 Å². The van der Waals surface area contributed by atoms with E-state index in [1.807, 2.05) is 0 Å². The fraction of sp³-hybridized carbons (Fsp3) is 0.600. The Labute approximate surface area is 121 Å². The Morgan fingerprint density at radius 3 is 2.62 bits per heavy atom. The molecule has 0 amide bonds. The molecule has 1 aromatic heterocycles. The van der Waals surface area contributed by atoms with Crippen LogP contribution in [0.2, 0.25) is 0 Å². The van der Waals surface area contributed by atoms with Crippen molar-refractivity contribution in [1.82, 2.24) is 14.5 Å². The van der Waals surface area contributed by atoms with Crippen molar-refractivity contribution >= 4 is 25.8 Å². The zero-order valence-electron chi connectivity index (χ0n) is 11.2. The van der Waals surface area contributed by atoms with Crippen LogP contribution in [-0.4, -0.2) is 67.0 Å². The highest BCUT2D eigenvalue weighted by molar-refractivity contribution is 7.91. The third kappa shape index (κ3) is 3.09. The SMILES string of the molecule is Cc1[nH]nc(S(=O)(=O)N2CCCS(=O)(=O)CC2)c1C(=O)O. The highest BCUT2D eigenvalue weighted by Crippen LogP contribution is 2.22. The van der Waals surface area contributed by atoms with Crippen molar-refractivity contribution in [2.45, 2.75) is 18.4 Å². The van der Waals surface area contributed by atoms with E-state index < -0.39 is 36.4 Å². The molecule has 0 unspecified atom stereocenters. The maximum absolute atomic E-state index is 12.5. The molecule has 1 aliphatic rings. The number of aryl methyl sites for hydroxylation is 1. The highest BCUT2D eigenvalue weighted by Gasteiger charge is 2.35. The first-order valence-electron chi connectivity index (χ1n) is 6.14. The largest absolute Gasteiger partial charge is 0.478 e. The number of nitrogens with zero attached hydrogens (tertiary/aromatic N) is 2.